The first-order valence-electron chi connectivity index (χ1n) is 8.61. The fraction of sp³-hybridized carbons (Fsp3) is 0.190. The van der Waals surface area contributed by atoms with E-state index in [1.54, 1.807) is 23.5 Å². The highest BCUT2D eigenvalue weighted by Crippen LogP contribution is 2.37. The van der Waals surface area contributed by atoms with Gasteiger partial charge in [-0.2, -0.15) is 0 Å². The minimum Gasteiger partial charge on any atom is -0.325 e. The van der Waals surface area contributed by atoms with Crippen molar-refractivity contribution < 1.29 is 9.18 Å². The molecule has 26 heavy (non-hydrogen) atoms. The van der Waals surface area contributed by atoms with Gasteiger partial charge in [0.25, 0.3) is 0 Å². The van der Waals surface area contributed by atoms with Crippen LogP contribution < -0.4 is 5.32 Å². The Bertz CT molecular complexity index is 892. The highest BCUT2D eigenvalue weighted by atomic mass is 32.1. The van der Waals surface area contributed by atoms with Crippen LogP contribution in [0.5, 0.6) is 0 Å². The van der Waals surface area contributed by atoms with Gasteiger partial charge in [-0.3, -0.25) is 9.69 Å². The Balaban J connectivity index is 1.54. The summed E-state index contributed by atoms with van der Waals surface area (Å²) in [6.45, 7) is 1.14. The van der Waals surface area contributed by atoms with Crippen molar-refractivity contribution >= 4 is 22.9 Å². The minimum atomic E-state index is -0.312. The van der Waals surface area contributed by atoms with E-state index in [-0.39, 0.29) is 17.8 Å². The Morgan fingerprint density at radius 1 is 1.12 bits per heavy atom. The lowest BCUT2D eigenvalue weighted by Crippen LogP contribution is -2.40. The van der Waals surface area contributed by atoms with Crippen molar-refractivity contribution in [2.75, 3.05) is 18.4 Å². The third-order valence-corrected chi connectivity index (χ3v) is 5.65. The normalized spacial score (nSPS) is 16.9. The highest BCUT2D eigenvalue weighted by molar-refractivity contribution is 7.10. The van der Waals surface area contributed by atoms with Crippen LogP contribution in [0.25, 0.3) is 0 Å². The largest absolute Gasteiger partial charge is 0.325 e. The zero-order valence-corrected chi connectivity index (χ0v) is 15.0. The quantitative estimate of drug-likeness (QED) is 0.739. The molecule has 1 N–H and O–H groups in total. The van der Waals surface area contributed by atoms with E-state index in [2.05, 4.69) is 33.8 Å². The molecule has 0 unspecified atom stereocenters. The number of hydrogen-bond donors (Lipinski definition) is 1. The van der Waals surface area contributed by atoms with E-state index in [0.29, 0.717) is 12.2 Å². The molecule has 4 rings (SSSR count). The van der Waals surface area contributed by atoms with E-state index in [1.807, 2.05) is 18.2 Å². The van der Waals surface area contributed by atoms with Gasteiger partial charge in [0.2, 0.25) is 5.91 Å². The summed E-state index contributed by atoms with van der Waals surface area (Å²) in [6.07, 6.45) is 0.958. The van der Waals surface area contributed by atoms with Crippen molar-refractivity contribution in [1.29, 1.82) is 0 Å². The van der Waals surface area contributed by atoms with Crippen LogP contribution in [0.15, 0.2) is 66.0 Å². The SMILES string of the molecule is O=C(CN1CCc2sccc2[C@@H]1c1ccccc1)Nc1ccc(F)cc1. The number of carbonyl (C=O) groups excluding carboxylic acids is 1. The van der Waals surface area contributed by atoms with E-state index in [9.17, 15) is 9.18 Å². The van der Waals surface area contributed by atoms with Crippen molar-refractivity contribution in [3.8, 4) is 0 Å². The molecule has 0 bridgehead atoms. The number of nitrogens with one attached hydrogen (secondary N) is 1. The summed E-state index contributed by atoms with van der Waals surface area (Å²) in [5.41, 5.74) is 3.10. The summed E-state index contributed by atoms with van der Waals surface area (Å²) in [5, 5.41) is 4.99. The topological polar surface area (TPSA) is 32.3 Å². The number of amides is 1. The van der Waals surface area contributed by atoms with Crippen LogP contribution in [0.1, 0.15) is 22.0 Å². The molecule has 1 atom stereocenters. The molecule has 0 fully saturated rings. The van der Waals surface area contributed by atoms with Gasteiger partial charge >= 0.3 is 0 Å². The number of thiophene rings is 1. The molecule has 0 aliphatic carbocycles. The van der Waals surface area contributed by atoms with E-state index in [4.69, 9.17) is 0 Å². The first-order valence-corrected chi connectivity index (χ1v) is 9.49. The minimum absolute atomic E-state index is 0.0868. The molecule has 0 spiro atoms. The van der Waals surface area contributed by atoms with Crippen LogP contribution in [0.2, 0.25) is 0 Å². The second kappa shape index (κ2) is 7.40. The summed E-state index contributed by atoms with van der Waals surface area (Å²) < 4.78 is 13.0. The maximum Gasteiger partial charge on any atom is 0.238 e. The van der Waals surface area contributed by atoms with Crippen LogP contribution in [-0.4, -0.2) is 23.9 Å². The second-order valence-corrected chi connectivity index (χ2v) is 7.39. The summed E-state index contributed by atoms with van der Waals surface area (Å²) in [4.78, 5) is 16.2. The first-order chi connectivity index (χ1) is 12.7. The molecule has 0 saturated heterocycles. The lowest BCUT2D eigenvalue weighted by molar-refractivity contribution is -0.117. The fourth-order valence-corrected chi connectivity index (χ4v) is 4.39. The highest BCUT2D eigenvalue weighted by Gasteiger charge is 2.30. The molecular formula is C21H19FN2OS. The lowest BCUT2D eigenvalue weighted by atomic mass is 9.93. The molecule has 2 heterocycles. The predicted octanol–water partition coefficient (Wildman–Crippen LogP) is 4.47. The van der Waals surface area contributed by atoms with E-state index in [0.717, 1.165) is 13.0 Å². The Kier molecular flexibility index (Phi) is 4.82. The summed E-state index contributed by atoms with van der Waals surface area (Å²) in [6, 6.07) is 18.4. The Hall–Kier alpha value is -2.50. The fourth-order valence-electron chi connectivity index (χ4n) is 3.48. The average molecular weight is 366 g/mol. The van der Waals surface area contributed by atoms with Crippen LogP contribution in [-0.2, 0) is 11.2 Å². The summed E-state index contributed by atoms with van der Waals surface area (Å²) in [7, 11) is 0. The monoisotopic (exact) mass is 366 g/mol. The zero-order valence-electron chi connectivity index (χ0n) is 14.2. The molecule has 132 valence electrons. The number of benzene rings is 2. The number of nitrogens with zero attached hydrogens (tertiary/aromatic N) is 1. The van der Waals surface area contributed by atoms with Gasteiger partial charge in [0.1, 0.15) is 5.82 Å². The third kappa shape index (κ3) is 3.54. The van der Waals surface area contributed by atoms with Crippen molar-refractivity contribution in [3.63, 3.8) is 0 Å². The van der Waals surface area contributed by atoms with Crippen molar-refractivity contribution in [3.05, 3.63) is 87.9 Å². The second-order valence-electron chi connectivity index (χ2n) is 6.39. The predicted molar refractivity (Wildman–Crippen MR) is 103 cm³/mol. The zero-order chi connectivity index (χ0) is 17.9. The van der Waals surface area contributed by atoms with E-state index < -0.39 is 0 Å². The Morgan fingerprint density at radius 2 is 1.88 bits per heavy atom. The van der Waals surface area contributed by atoms with Crippen LogP contribution >= 0.6 is 11.3 Å². The van der Waals surface area contributed by atoms with Gasteiger partial charge in [0.15, 0.2) is 0 Å². The molecule has 1 aliphatic heterocycles. The molecule has 3 aromatic rings. The maximum absolute atomic E-state index is 13.0. The molecular weight excluding hydrogens is 347 g/mol. The molecule has 3 nitrogen and oxygen atoms in total. The number of anilines is 1. The molecule has 1 amide bonds. The van der Waals surface area contributed by atoms with Crippen molar-refractivity contribution in [2.45, 2.75) is 12.5 Å². The van der Waals surface area contributed by atoms with Gasteiger partial charge in [-0.15, -0.1) is 11.3 Å². The molecule has 0 radical (unpaired) electrons. The van der Waals surface area contributed by atoms with Crippen LogP contribution in [0.3, 0.4) is 0 Å². The van der Waals surface area contributed by atoms with E-state index >= 15 is 0 Å². The van der Waals surface area contributed by atoms with E-state index in [1.165, 1.54) is 28.1 Å². The average Bonchev–Trinajstić information content (AvgIpc) is 3.13. The number of fused-ring (bicyclic) bond motifs is 1. The smallest absolute Gasteiger partial charge is 0.238 e. The third-order valence-electron chi connectivity index (χ3n) is 4.66. The van der Waals surface area contributed by atoms with Crippen molar-refractivity contribution in [1.82, 2.24) is 4.90 Å². The van der Waals surface area contributed by atoms with Crippen LogP contribution in [0, 0.1) is 5.82 Å². The standard InChI is InChI=1S/C21H19FN2OS/c22-16-6-8-17(9-7-16)23-20(25)14-24-12-10-19-18(11-13-26-19)21(24)15-4-2-1-3-5-15/h1-9,11,13,21H,10,12,14H2,(H,23,25)/t21-/m0/s1. The number of carbonyl (C=O) groups is 1. The summed E-state index contributed by atoms with van der Waals surface area (Å²) >= 11 is 1.79. The Morgan fingerprint density at radius 3 is 2.65 bits per heavy atom. The van der Waals surface area contributed by atoms with Gasteiger partial charge in [-0.1, -0.05) is 30.3 Å². The maximum atomic E-state index is 13.0. The number of hydrogen-bond acceptors (Lipinski definition) is 3. The van der Waals surface area contributed by atoms with Crippen LogP contribution in [0.4, 0.5) is 10.1 Å². The van der Waals surface area contributed by atoms with Gasteiger partial charge in [-0.25, -0.2) is 4.39 Å². The number of halogens is 1. The molecule has 1 aliphatic rings. The lowest BCUT2D eigenvalue weighted by Gasteiger charge is -2.35. The first kappa shape index (κ1) is 16.9. The van der Waals surface area contributed by atoms with Gasteiger partial charge in [0, 0.05) is 17.1 Å². The molecule has 2 aromatic carbocycles. The molecule has 0 saturated carbocycles. The summed E-state index contributed by atoms with van der Waals surface area (Å²) in [5.74, 6) is -0.399. The molecule has 1 aromatic heterocycles. The Labute approximate surface area is 156 Å². The van der Waals surface area contributed by atoms with Gasteiger partial charge in [0.05, 0.1) is 12.6 Å². The van der Waals surface area contributed by atoms with Crippen molar-refractivity contribution in [2.24, 2.45) is 0 Å². The van der Waals surface area contributed by atoms with Gasteiger partial charge < -0.3 is 5.32 Å². The number of rotatable bonds is 4. The molecule has 5 heteroatoms. The van der Waals surface area contributed by atoms with Gasteiger partial charge in [-0.05, 0) is 53.3 Å².